The van der Waals surface area contributed by atoms with Crippen molar-refractivity contribution in [2.24, 2.45) is 0 Å². The Labute approximate surface area is 62.6 Å². The zero-order valence-corrected chi connectivity index (χ0v) is 6.03. The van der Waals surface area contributed by atoms with Crippen molar-refractivity contribution in [1.82, 2.24) is 0 Å². The van der Waals surface area contributed by atoms with E-state index in [2.05, 4.69) is 13.2 Å². The summed E-state index contributed by atoms with van der Waals surface area (Å²) < 4.78 is 0. The maximum atomic E-state index is 3.54. The first-order valence-corrected chi connectivity index (χ1v) is 3.15. The summed E-state index contributed by atoms with van der Waals surface area (Å²) in [6, 6.07) is 0. The lowest BCUT2D eigenvalue weighted by atomic mass is 10.4. The van der Waals surface area contributed by atoms with E-state index < -0.39 is 0 Å². The maximum Gasteiger partial charge on any atom is -0.0623 e. The molecular weight excluding hydrogens is 120 g/mol. The van der Waals surface area contributed by atoms with Crippen LogP contribution >= 0.6 is 0 Å². The molecule has 10 heavy (non-hydrogen) atoms. The topological polar surface area (TPSA) is 0 Å². The lowest BCUT2D eigenvalue weighted by Crippen LogP contribution is -1.48. The molecule has 0 aliphatic rings. The van der Waals surface area contributed by atoms with E-state index in [1.165, 1.54) is 0 Å². The van der Waals surface area contributed by atoms with Crippen molar-refractivity contribution in [2.75, 3.05) is 0 Å². The molecule has 0 aliphatic heterocycles. The van der Waals surface area contributed by atoms with E-state index in [4.69, 9.17) is 0 Å². The molecule has 0 heteroatoms. The Morgan fingerprint density at radius 1 is 0.500 bits per heavy atom. The third kappa shape index (κ3) is 6.70. The lowest BCUT2D eigenvalue weighted by molar-refractivity contribution is 1.88. The van der Waals surface area contributed by atoms with Gasteiger partial charge in [-0.3, -0.25) is 0 Å². The summed E-state index contributed by atoms with van der Waals surface area (Å²) in [5.41, 5.74) is 0. The Morgan fingerprint density at radius 3 is 1.10 bits per heavy atom. The van der Waals surface area contributed by atoms with Gasteiger partial charge in [0.2, 0.25) is 0 Å². The molecule has 0 rings (SSSR count). The van der Waals surface area contributed by atoms with Crippen molar-refractivity contribution in [3.8, 4) is 0 Å². The van der Waals surface area contributed by atoms with E-state index in [0.29, 0.717) is 0 Å². The Kier molecular flexibility index (Phi) is 6.70. The highest BCUT2D eigenvalue weighted by atomic mass is 13.7. The zero-order valence-electron chi connectivity index (χ0n) is 6.03. The van der Waals surface area contributed by atoms with Crippen LogP contribution in [0.25, 0.3) is 0 Å². The monoisotopic (exact) mass is 132 g/mol. The second kappa shape index (κ2) is 7.70. The molecule has 0 aromatic heterocycles. The van der Waals surface area contributed by atoms with Crippen LogP contribution in [0.15, 0.2) is 61.8 Å². The van der Waals surface area contributed by atoms with Crippen LogP contribution in [0.5, 0.6) is 0 Å². The molecule has 0 fully saturated rings. The third-order valence-electron chi connectivity index (χ3n) is 0.828. The fourth-order valence-electron chi connectivity index (χ4n) is 0.414. The highest BCUT2D eigenvalue weighted by Gasteiger charge is 1.58. The molecule has 52 valence electrons. The van der Waals surface area contributed by atoms with Crippen molar-refractivity contribution in [3.63, 3.8) is 0 Å². The van der Waals surface area contributed by atoms with Gasteiger partial charge in [-0.25, -0.2) is 0 Å². The molecule has 0 saturated carbocycles. The first-order chi connectivity index (χ1) is 4.91. The second-order valence-electron chi connectivity index (χ2n) is 1.63. The number of hydrogen-bond acceptors (Lipinski definition) is 0. The van der Waals surface area contributed by atoms with Gasteiger partial charge in [-0.05, 0) is 0 Å². The molecule has 0 nitrogen and oxygen atoms in total. The number of rotatable bonds is 4. The highest BCUT2D eigenvalue weighted by Crippen LogP contribution is 1.80. The molecule has 0 bridgehead atoms. The minimum atomic E-state index is 1.74. The van der Waals surface area contributed by atoms with Crippen molar-refractivity contribution in [2.45, 2.75) is 0 Å². The van der Waals surface area contributed by atoms with Gasteiger partial charge in [0.25, 0.3) is 0 Å². The Bertz CT molecular complexity index is 148. The number of allylic oxidation sites excluding steroid dienone is 8. The molecule has 0 amide bonds. The summed E-state index contributed by atoms with van der Waals surface area (Å²) in [6.45, 7) is 7.08. The molecule has 0 saturated heterocycles. The predicted molar refractivity (Wildman–Crippen MR) is 47.8 cm³/mol. The summed E-state index contributed by atoms with van der Waals surface area (Å²) in [7, 11) is 0. The van der Waals surface area contributed by atoms with Crippen LogP contribution in [0.2, 0.25) is 0 Å². The van der Waals surface area contributed by atoms with Crippen molar-refractivity contribution in [1.29, 1.82) is 0 Å². The summed E-state index contributed by atoms with van der Waals surface area (Å²) in [5.74, 6) is 0. The van der Waals surface area contributed by atoms with Crippen LogP contribution < -0.4 is 0 Å². The molecule has 0 aliphatic carbocycles. The van der Waals surface area contributed by atoms with Crippen LogP contribution in [0.1, 0.15) is 0 Å². The van der Waals surface area contributed by atoms with Gasteiger partial charge in [0.15, 0.2) is 0 Å². The van der Waals surface area contributed by atoms with Crippen LogP contribution in [-0.2, 0) is 0 Å². The van der Waals surface area contributed by atoms with Gasteiger partial charge in [0.05, 0.1) is 0 Å². The van der Waals surface area contributed by atoms with Crippen LogP contribution in [0.4, 0.5) is 0 Å². The SMILES string of the molecule is C=C\C=C/C=C/C=C\C=C. The first-order valence-electron chi connectivity index (χ1n) is 3.15. The standard InChI is InChI=1S/C10H12/c1-3-5-7-9-10-8-6-4-2/h3-10H,1-2H2/b7-5-,8-6-,10-9+. The van der Waals surface area contributed by atoms with E-state index in [0.717, 1.165) is 0 Å². The lowest BCUT2D eigenvalue weighted by Gasteiger charge is -1.70. The first kappa shape index (κ1) is 8.70. The van der Waals surface area contributed by atoms with Gasteiger partial charge in [0.1, 0.15) is 0 Å². The molecular formula is C10H12. The van der Waals surface area contributed by atoms with Crippen LogP contribution in [-0.4, -0.2) is 0 Å². The molecule has 0 radical (unpaired) electrons. The molecule has 0 atom stereocenters. The average molecular weight is 132 g/mol. The fourth-order valence-corrected chi connectivity index (χ4v) is 0.414. The van der Waals surface area contributed by atoms with Gasteiger partial charge >= 0.3 is 0 Å². The highest BCUT2D eigenvalue weighted by molar-refractivity contribution is 5.16. The smallest absolute Gasteiger partial charge is 0.0623 e. The van der Waals surface area contributed by atoms with Gasteiger partial charge < -0.3 is 0 Å². The quantitative estimate of drug-likeness (QED) is 0.516. The Balaban J connectivity index is 3.55. The van der Waals surface area contributed by atoms with Gasteiger partial charge in [-0.1, -0.05) is 61.8 Å². The second-order valence-corrected chi connectivity index (χ2v) is 1.63. The molecule has 0 aromatic carbocycles. The zero-order chi connectivity index (χ0) is 7.66. The predicted octanol–water partition coefficient (Wildman–Crippen LogP) is 3.03. The minimum absolute atomic E-state index is 1.74. The summed E-state index contributed by atoms with van der Waals surface area (Å²) in [6.07, 6.45) is 14.9. The van der Waals surface area contributed by atoms with E-state index in [1.54, 1.807) is 12.2 Å². The van der Waals surface area contributed by atoms with Gasteiger partial charge in [0, 0.05) is 0 Å². The normalized spacial score (nSPS) is 11.6. The number of hydrogen-bond donors (Lipinski definition) is 0. The minimum Gasteiger partial charge on any atom is -0.0991 e. The fraction of sp³-hybridized carbons (Fsp3) is 0. The van der Waals surface area contributed by atoms with Gasteiger partial charge in [-0.15, -0.1) is 0 Å². The van der Waals surface area contributed by atoms with E-state index in [9.17, 15) is 0 Å². The molecule has 0 aromatic rings. The summed E-state index contributed by atoms with van der Waals surface area (Å²) in [4.78, 5) is 0. The molecule has 0 N–H and O–H groups in total. The molecule has 0 spiro atoms. The maximum absolute atomic E-state index is 3.54. The molecule has 0 heterocycles. The van der Waals surface area contributed by atoms with E-state index in [1.807, 2.05) is 36.5 Å². The van der Waals surface area contributed by atoms with Crippen molar-refractivity contribution < 1.29 is 0 Å². The van der Waals surface area contributed by atoms with Crippen LogP contribution in [0.3, 0.4) is 0 Å². The largest absolute Gasteiger partial charge is 0.0991 e. The van der Waals surface area contributed by atoms with E-state index >= 15 is 0 Å². The third-order valence-corrected chi connectivity index (χ3v) is 0.828. The van der Waals surface area contributed by atoms with Gasteiger partial charge in [-0.2, -0.15) is 0 Å². The van der Waals surface area contributed by atoms with Crippen molar-refractivity contribution >= 4 is 0 Å². The molecule has 0 unspecified atom stereocenters. The Morgan fingerprint density at radius 2 is 0.800 bits per heavy atom. The summed E-state index contributed by atoms with van der Waals surface area (Å²) >= 11 is 0. The van der Waals surface area contributed by atoms with Crippen molar-refractivity contribution in [3.05, 3.63) is 61.8 Å². The van der Waals surface area contributed by atoms with E-state index in [-0.39, 0.29) is 0 Å². The average Bonchev–Trinajstić information content (AvgIpc) is 1.97. The summed E-state index contributed by atoms with van der Waals surface area (Å²) in [5, 5.41) is 0. The van der Waals surface area contributed by atoms with Crippen LogP contribution in [0, 0.1) is 0 Å². The Hall–Kier alpha value is -1.30.